The summed E-state index contributed by atoms with van der Waals surface area (Å²) in [5.41, 5.74) is 0.584. The van der Waals surface area contributed by atoms with Crippen LogP contribution in [0, 0.1) is 5.41 Å². The maximum absolute atomic E-state index is 13.2. The quantitative estimate of drug-likeness (QED) is 0.559. The van der Waals surface area contributed by atoms with Crippen molar-refractivity contribution in [2.45, 2.75) is 51.5 Å². The Morgan fingerprint density at radius 3 is 2.69 bits per heavy atom. The van der Waals surface area contributed by atoms with E-state index in [4.69, 9.17) is 11.6 Å². The maximum Gasteiger partial charge on any atom is 0.418 e. The molecule has 1 aromatic rings. The number of nitrogens with one attached hydrogen (secondary N) is 2. The van der Waals surface area contributed by atoms with Gasteiger partial charge in [-0.15, -0.1) is 5.10 Å². The second-order valence-electron chi connectivity index (χ2n) is 8.54. The molecular formula is C21H22ClF3N4O2S. The second-order valence-corrected chi connectivity index (χ2v) is 10.2. The van der Waals surface area contributed by atoms with E-state index >= 15 is 0 Å². The summed E-state index contributed by atoms with van der Waals surface area (Å²) in [5, 5.41) is 12.4. The highest BCUT2D eigenvalue weighted by Crippen LogP contribution is 2.37. The molecule has 1 aliphatic heterocycles. The zero-order chi connectivity index (χ0) is 23.7. The maximum atomic E-state index is 13.2. The van der Waals surface area contributed by atoms with Crippen LogP contribution >= 0.6 is 23.4 Å². The normalized spacial score (nSPS) is 23.3. The monoisotopic (exact) mass is 486 g/mol. The molecule has 172 valence electrons. The number of hydrogen-bond acceptors (Lipinski definition) is 5. The van der Waals surface area contributed by atoms with Crippen molar-refractivity contribution in [1.29, 1.82) is 0 Å². The number of allylic oxidation sites excluding steroid dienone is 2. The van der Waals surface area contributed by atoms with Gasteiger partial charge in [0.15, 0.2) is 5.17 Å². The topological polar surface area (TPSA) is 82.9 Å². The number of carbonyl (C=O) groups excluding carboxylic acids is 2. The second kappa shape index (κ2) is 9.27. The van der Waals surface area contributed by atoms with Gasteiger partial charge in [0, 0.05) is 11.4 Å². The van der Waals surface area contributed by atoms with Gasteiger partial charge in [0.25, 0.3) is 0 Å². The summed E-state index contributed by atoms with van der Waals surface area (Å²) in [6.45, 7) is 6.30. The average molecular weight is 487 g/mol. The van der Waals surface area contributed by atoms with Crippen molar-refractivity contribution in [1.82, 2.24) is 5.32 Å². The van der Waals surface area contributed by atoms with Gasteiger partial charge < -0.3 is 10.6 Å². The molecule has 1 atom stereocenters. The van der Waals surface area contributed by atoms with Crippen molar-refractivity contribution in [3.05, 3.63) is 40.4 Å². The Labute approximate surface area is 192 Å². The van der Waals surface area contributed by atoms with E-state index in [9.17, 15) is 22.8 Å². The third kappa shape index (κ3) is 6.35. The van der Waals surface area contributed by atoms with Crippen LogP contribution in [0.1, 0.15) is 45.6 Å². The number of benzene rings is 1. The molecule has 1 saturated heterocycles. The number of thioether (sulfide) groups is 1. The fourth-order valence-corrected chi connectivity index (χ4v) is 4.77. The van der Waals surface area contributed by atoms with Crippen LogP contribution < -0.4 is 10.6 Å². The smallest absolute Gasteiger partial charge is 0.325 e. The van der Waals surface area contributed by atoms with Gasteiger partial charge >= 0.3 is 6.18 Å². The lowest BCUT2D eigenvalue weighted by atomic mass is 9.77. The van der Waals surface area contributed by atoms with Gasteiger partial charge in [-0.3, -0.25) is 9.59 Å². The first kappa shape index (κ1) is 24.3. The Morgan fingerprint density at radius 2 is 2.03 bits per heavy atom. The molecule has 1 heterocycles. The molecule has 0 radical (unpaired) electrons. The third-order valence-corrected chi connectivity index (χ3v) is 6.12. The lowest BCUT2D eigenvalue weighted by molar-refractivity contribution is -0.137. The fraction of sp³-hybridized carbons (Fsp3) is 0.429. The molecule has 1 aliphatic carbocycles. The minimum absolute atomic E-state index is 0.0709. The Morgan fingerprint density at radius 1 is 1.31 bits per heavy atom. The molecule has 0 bridgehead atoms. The third-order valence-electron chi connectivity index (χ3n) is 4.81. The van der Waals surface area contributed by atoms with E-state index in [2.05, 4.69) is 34.7 Å². The summed E-state index contributed by atoms with van der Waals surface area (Å²) in [6.07, 6.45) is -1.33. The Kier molecular flexibility index (Phi) is 7.04. The van der Waals surface area contributed by atoms with Crippen LogP contribution in [0.25, 0.3) is 0 Å². The van der Waals surface area contributed by atoms with E-state index < -0.39 is 34.5 Å². The lowest BCUT2D eigenvalue weighted by Gasteiger charge is -2.28. The van der Waals surface area contributed by atoms with Gasteiger partial charge in [-0.25, -0.2) is 0 Å². The fourth-order valence-electron chi connectivity index (χ4n) is 3.68. The highest BCUT2D eigenvalue weighted by atomic mass is 35.5. The lowest BCUT2D eigenvalue weighted by Crippen LogP contribution is -2.28. The molecule has 0 saturated carbocycles. The molecule has 1 aromatic carbocycles. The summed E-state index contributed by atoms with van der Waals surface area (Å²) in [4.78, 5) is 24.5. The number of anilines is 1. The summed E-state index contributed by atoms with van der Waals surface area (Å²) < 4.78 is 39.6. The van der Waals surface area contributed by atoms with Gasteiger partial charge in [-0.1, -0.05) is 42.8 Å². The van der Waals surface area contributed by atoms with E-state index in [1.54, 1.807) is 0 Å². The van der Waals surface area contributed by atoms with Crippen LogP contribution in [0.15, 0.2) is 40.1 Å². The van der Waals surface area contributed by atoms with Crippen LogP contribution in [0.3, 0.4) is 0 Å². The standard InChI is InChI=1S/C21H22ClF3N4O2S/c1-11-6-13(10-20(2,3)9-11)28-29-19-27-18(31)16(32-19)8-17(30)26-15-5-4-12(22)7-14(15)21(23,24)25/h4-7,16H,8-10H2,1-3H3,(H,26,30)(H,27,29,31)/b28-13+. The van der Waals surface area contributed by atoms with Crippen LogP contribution in [-0.4, -0.2) is 27.9 Å². The van der Waals surface area contributed by atoms with E-state index in [1.807, 2.05) is 13.0 Å². The van der Waals surface area contributed by atoms with E-state index in [-0.39, 0.29) is 22.0 Å². The minimum Gasteiger partial charge on any atom is -0.325 e. The summed E-state index contributed by atoms with van der Waals surface area (Å²) in [5.74, 6) is -1.18. The Balaban J connectivity index is 1.66. The van der Waals surface area contributed by atoms with Crippen LogP contribution in [0.5, 0.6) is 0 Å². The molecule has 0 spiro atoms. The van der Waals surface area contributed by atoms with E-state index in [0.29, 0.717) is 0 Å². The molecule has 1 fully saturated rings. The predicted octanol–water partition coefficient (Wildman–Crippen LogP) is 5.40. The van der Waals surface area contributed by atoms with Gasteiger partial charge in [0.05, 0.1) is 17.0 Å². The first-order valence-electron chi connectivity index (χ1n) is 9.78. The van der Waals surface area contributed by atoms with E-state index in [1.165, 1.54) is 11.6 Å². The molecule has 2 aliphatic rings. The molecule has 2 amide bonds. The summed E-state index contributed by atoms with van der Waals surface area (Å²) in [6, 6.07) is 3.06. The minimum atomic E-state index is -4.69. The summed E-state index contributed by atoms with van der Waals surface area (Å²) in [7, 11) is 0. The molecule has 6 nitrogen and oxygen atoms in total. The largest absolute Gasteiger partial charge is 0.418 e. The zero-order valence-corrected chi connectivity index (χ0v) is 19.2. The van der Waals surface area contributed by atoms with Crippen molar-refractivity contribution < 1.29 is 22.8 Å². The number of hydrogen-bond donors (Lipinski definition) is 2. The number of amidine groups is 1. The van der Waals surface area contributed by atoms with Crippen molar-refractivity contribution in [3.8, 4) is 0 Å². The van der Waals surface area contributed by atoms with Crippen LogP contribution in [0.4, 0.5) is 18.9 Å². The van der Waals surface area contributed by atoms with Gasteiger partial charge in [-0.2, -0.15) is 18.3 Å². The average Bonchev–Trinajstić information content (AvgIpc) is 2.98. The number of halogens is 4. The van der Waals surface area contributed by atoms with Crippen LogP contribution in [0.2, 0.25) is 5.02 Å². The Hall–Kier alpha value is -2.33. The van der Waals surface area contributed by atoms with Gasteiger partial charge in [0.1, 0.15) is 5.25 Å². The first-order chi connectivity index (χ1) is 14.8. The SMILES string of the molecule is CC1=C/C(=N\N=C2/NC(=O)C(CC(=O)Nc3ccc(Cl)cc3C(F)(F)F)S2)CC(C)(C)C1. The number of nitrogens with zero attached hydrogens (tertiary/aromatic N) is 2. The van der Waals surface area contributed by atoms with Gasteiger partial charge in [-0.05, 0) is 49.5 Å². The molecule has 0 aromatic heterocycles. The molecule has 32 heavy (non-hydrogen) atoms. The van der Waals surface area contributed by atoms with Crippen molar-refractivity contribution in [2.24, 2.45) is 15.6 Å². The van der Waals surface area contributed by atoms with E-state index in [0.717, 1.165) is 42.4 Å². The Bertz CT molecular complexity index is 1030. The zero-order valence-electron chi connectivity index (χ0n) is 17.6. The number of amides is 2. The highest BCUT2D eigenvalue weighted by Gasteiger charge is 2.36. The molecule has 1 unspecified atom stereocenters. The molecular weight excluding hydrogens is 465 g/mol. The number of alkyl halides is 3. The molecule has 11 heteroatoms. The summed E-state index contributed by atoms with van der Waals surface area (Å²) >= 11 is 6.66. The predicted molar refractivity (Wildman–Crippen MR) is 121 cm³/mol. The highest BCUT2D eigenvalue weighted by molar-refractivity contribution is 8.15. The number of carbonyl (C=O) groups is 2. The molecule has 3 rings (SSSR count). The van der Waals surface area contributed by atoms with Gasteiger partial charge in [0.2, 0.25) is 11.8 Å². The van der Waals surface area contributed by atoms with Crippen LogP contribution in [-0.2, 0) is 15.8 Å². The van der Waals surface area contributed by atoms with Crippen molar-refractivity contribution in [2.75, 3.05) is 5.32 Å². The number of rotatable bonds is 4. The molecule has 2 N–H and O–H groups in total. The van der Waals surface area contributed by atoms with Crippen molar-refractivity contribution >= 4 is 51.7 Å². The van der Waals surface area contributed by atoms with Crippen molar-refractivity contribution in [3.63, 3.8) is 0 Å². The first-order valence-corrected chi connectivity index (χ1v) is 11.0.